The Morgan fingerprint density at radius 1 is 1.34 bits per heavy atom. The van der Waals surface area contributed by atoms with Crippen LogP contribution in [0.25, 0.3) is 0 Å². The largest absolute Gasteiger partial charge is 0.493 e. The fourth-order valence-corrected chi connectivity index (χ4v) is 5.61. The number of benzene rings is 1. The molecule has 0 saturated carbocycles. The Kier molecular flexibility index (Phi) is 8.72. The highest BCUT2D eigenvalue weighted by atomic mass is 35.5. The molecule has 3 aliphatic heterocycles. The van der Waals surface area contributed by atoms with Crippen molar-refractivity contribution in [2.24, 2.45) is 11.8 Å². The van der Waals surface area contributed by atoms with Crippen LogP contribution in [0, 0.1) is 11.8 Å². The van der Waals surface area contributed by atoms with Crippen molar-refractivity contribution in [1.82, 2.24) is 19.8 Å². The molecule has 1 spiro atoms. The fourth-order valence-electron chi connectivity index (χ4n) is 5.42. The molecule has 1 aromatic carbocycles. The first-order valence-electron chi connectivity index (χ1n) is 10.8. The van der Waals surface area contributed by atoms with E-state index in [0.29, 0.717) is 12.5 Å². The topological polar surface area (TPSA) is 71.8 Å². The third kappa shape index (κ3) is 5.04. The molecule has 3 saturated heterocycles. The third-order valence-corrected chi connectivity index (χ3v) is 7.01. The predicted octanol–water partition coefficient (Wildman–Crippen LogP) is 2.63. The SMILES string of the molecule is Cl.Cl.OC[C@H]1[C@H]2CN(Cc3cc(Cl)ccc3OCCCn3ccnc3)C[C@]23CNC[C@H]1O3. The number of aliphatic hydroxyl groups is 1. The van der Waals surface area contributed by atoms with Crippen LogP contribution in [-0.4, -0.2) is 70.7 Å². The molecule has 0 aliphatic carbocycles. The molecule has 2 bridgehead atoms. The Morgan fingerprint density at radius 2 is 2.22 bits per heavy atom. The van der Waals surface area contributed by atoms with Crippen molar-refractivity contribution in [3.05, 3.63) is 47.5 Å². The van der Waals surface area contributed by atoms with Gasteiger partial charge in [0.15, 0.2) is 0 Å². The van der Waals surface area contributed by atoms with E-state index in [-0.39, 0.29) is 49.0 Å². The lowest BCUT2D eigenvalue weighted by Crippen LogP contribution is -2.52. The van der Waals surface area contributed by atoms with Crippen LogP contribution in [0.15, 0.2) is 36.9 Å². The van der Waals surface area contributed by atoms with E-state index in [4.69, 9.17) is 21.1 Å². The number of likely N-dealkylation sites (tertiary alicyclic amines) is 1. The Morgan fingerprint density at radius 3 is 3.00 bits per heavy atom. The monoisotopic (exact) mass is 504 g/mol. The Labute approximate surface area is 206 Å². The van der Waals surface area contributed by atoms with Crippen LogP contribution in [0.2, 0.25) is 5.02 Å². The minimum atomic E-state index is -0.180. The molecule has 10 heteroatoms. The number of aliphatic hydroxyl groups excluding tert-OH is 1. The molecule has 178 valence electrons. The first-order valence-corrected chi connectivity index (χ1v) is 11.1. The first kappa shape index (κ1) is 25.6. The highest BCUT2D eigenvalue weighted by Gasteiger charge is 2.60. The maximum Gasteiger partial charge on any atom is 0.123 e. The van der Waals surface area contributed by atoms with Gasteiger partial charge in [-0.1, -0.05) is 11.6 Å². The summed E-state index contributed by atoms with van der Waals surface area (Å²) in [6.45, 7) is 5.97. The molecule has 3 fully saturated rings. The van der Waals surface area contributed by atoms with E-state index in [1.54, 1.807) is 6.20 Å². The van der Waals surface area contributed by atoms with Gasteiger partial charge in [0.25, 0.3) is 0 Å². The first-order chi connectivity index (χ1) is 14.7. The maximum absolute atomic E-state index is 9.93. The van der Waals surface area contributed by atoms with Crippen LogP contribution < -0.4 is 10.1 Å². The number of aromatic nitrogens is 2. The van der Waals surface area contributed by atoms with E-state index in [2.05, 4.69) is 19.8 Å². The van der Waals surface area contributed by atoms with Gasteiger partial charge in [-0.25, -0.2) is 4.98 Å². The molecular weight excluding hydrogens is 475 g/mol. The second-order valence-electron chi connectivity index (χ2n) is 8.73. The highest BCUT2D eigenvalue weighted by Crippen LogP contribution is 2.47. The van der Waals surface area contributed by atoms with Gasteiger partial charge < -0.3 is 24.5 Å². The van der Waals surface area contributed by atoms with Crippen molar-refractivity contribution in [1.29, 1.82) is 0 Å². The number of hydrogen-bond acceptors (Lipinski definition) is 6. The second-order valence-corrected chi connectivity index (χ2v) is 9.17. The summed E-state index contributed by atoms with van der Waals surface area (Å²) in [4.78, 5) is 6.49. The maximum atomic E-state index is 9.93. The number of fused-ring (bicyclic) bond motifs is 1. The van der Waals surface area contributed by atoms with Crippen LogP contribution >= 0.6 is 36.4 Å². The van der Waals surface area contributed by atoms with Crippen molar-refractivity contribution in [2.75, 3.05) is 39.4 Å². The van der Waals surface area contributed by atoms with Crippen molar-refractivity contribution < 1.29 is 14.6 Å². The van der Waals surface area contributed by atoms with Gasteiger partial charge in [-0.2, -0.15) is 0 Å². The number of rotatable bonds is 8. The standard InChI is InChI=1S/C22H29ClN4O3.2ClH/c23-17-2-3-20(29-7-1-5-26-6-4-24-15-26)16(8-17)10-27-11-19-18(12-28)21-9-25-13-22(19,14-27)30-21;;/h2-4,6,8,15,18-19,21,25,28H,1,5,7,9-14H2;2*1H/t18-,19+,21+,22+;;/m0../s1. The molecule has 1 aromatic heterocycles. The van der Waals surface area contributed by atoms with Gasteiger partial charge in [-0.3, -0.25) is 4.90 Å². The van der Waals surface area contributed by atoms with E-state index in [1.165, 1.54) is 0 Å². The molecule has 4 atom stereocenters. The zero-order valence-corrected chi connectivity index (χ0v) is 20.2. The summed E-state index contributed by atoms with van der Waals surface area (Å²) in [6.07, 6.45) is 6.62. The summed E-state index contributed by atoms with van der Waals surface area (Å²) in [5, 5.41) is 14.2. The lowest BCUT2D eigenvalue weighted by Gasteiger charge is -2.34. The Hall–Kier alpha value is -1.06. The summed E-state index contributed by atoms with van der Waals surface area (Å²) < 4.78 is 14.6. The molecule has 4 heterocycles. The highest BCUT2D eigenvalue weighted by molar-refractivity contribution is 6.30. The molecule has 2 aromatic rings. The van der Waals surface area contributed by atoms with Gasteiger partial charge >= 0.3 is 0 Å². The lowest BCUT2D eigenvalue weighted by atomic mass is 9.83. The van der Waals surface area contributed by atoms with E-state index in [0.717, 1.165) is 62.0 Å². The van der Waals surface area contributed by atoms with E-state index >= 15 is 0 Å². The minimum Gasteiger partial charge on any atom is -0.493 e. The normalized spacial score (nSPS) is 28.6. The number of ether oxygens (including phenoxy) is 2. The smallest absolute Gasteiger partial charge is 0.123 e. The van der Waals surface area contributed by atoms with Crippen molar-refractivity contribution >= 4 is 36.4 Å². The summed E-state index contributed by atoms with van der Waals surface area (Å²) in [6, 6.07) is 5.86. The van der Waals surface area contributed by atoms with Crippen LogP contribution in [0.3, 0.4) is 0 Å². The molecule has 5 rings (SSSR count). The van der Waals surface area contributed by atoms with Crippen molar-refractivity contribution in [3.8, 4) is 5.75 Å². The quantitative estimate of drug-likeness (QED) is 0.538. The molecule has 3 aliphatic rings. The molecule has 32 heavy (non-hydrogen) atoms. The molecule has 7 nitrogen and oxygen atoms in total. The van der Waals surface area contributed by atoms with Gasteiger partial charge in [0, 0.05) is 80.7 Å². The molecular formula is C22H31Cl3N4O3. The van der Waals surface area contributed by atoms with Gasteiger partial charge in [0.05, 0.1) is 24.6 Å². The summed E-state index contributed by atoms with van der Waals surface area (Å²) >= 11 is 6.30. The minimum absolute atomic E-state index is 0. The average molecular weight is 506 g/mol. The van der Waals surface area contributed by atoms with Gasteiger partial charge in [0.1, 0.15) is 5.75 Å². The van der Waals surface area contributed by atoms with Crippen LogP contribution in [-0.2, 0) is 17.8 Å². The van der Waals surface area contributed by atoms with E-state index in [9.17, 15) is 5.11 Å². The van der Waals surface area contributed by atoms with Gasteiger partial charge in [0.2, 0.25) is 0 Å². The molecule has 0 unspecified atom stereocenters. The van der Waals surface area contributed by atoms with Crippen LogP contribution in [0.1, 0.15) is 12.0 Å². The van der Waals surface area contributed by atoms with Crippen LogP contribution in [0.4, 0.5) is 0 Å². The molecule has 2 N–H and O–H groups in total. The van der Waals surface area contributed by atoms with Gasteiger partial charge in [-0.15, -0.1) is 24.8 Å². The third-order valence-electron chi connectivity index (χ3n) is 6.78. The number of halogens is 3. The number of nitrogens with one attached hydrogen (secondary N) is 1. The number of morpholine rings is 1. The summed E-state index contributed by atoms with van der Waals surface area (Å²) in [7, 11) is 0. The molecule has 0 radical (unpaired) electrons. The Balaban J connectivity index is 0.00000144. The number of hydrogen-bond donors (Lipinski definition) is 2. The zero-order chi connectivity index (χ0) is 20.6. The van der Waals surface area contributed by atoms with Crippen molar-refractivity contribution in [2.45, 2.75) is 31.2 Å². The van der Waals surface area contributed by atoms with Gasteiger partial charge in [-0.05, 0) is 24.6 Å². The van der Waals surface area contributed by atoms with Crippen LogP contribution in [0.5, 0.6) is 5.75 Å². The molecule has 0 amide bonds. The summed E-state index contributed by atoms with van der Waals surface area (Å²) in [5.41, 5.74) is 0.920. The zero-order valence-electron chi connectivity index (χ0n) is 17.9. The fraction of sp³-hybridized carbons (Fsp3) is 0.591. The number of aryl methyl sites for hydroxylation is 1. The Bertz CT molecular complexity index is 872. The summed E-state index contributed by atoms with van der Waals surface area (Å²) in [5.74, 6) is 1.46. The van der Waals surface area contributed by atoms with Crippen molar-refractivity contribution in [3.63, 3.8) is 0 Å². The second kappa shape index (κ2) is 10.9. The van der Waals surface area contributed by atoms with E-state index in [1.807, 2.05) is 30.7 Å². The average Bonchev–Trinajstić information content (AvgIpc) is 3.40. The number of imidazole rings is 1. The number of nitrogens with zero attached hydrogens (tertiary/aromatic N) is 3. The predicted molar refractivity (Wildman–Crippen MR) is 128 cm³/mol. The lowest BCUT2D eigenvalue weighted by molar-refractivity contribution is -0.0746. The van der Waals surface area contributed by atoms with E-state index < -0.39 is 0 Å².